The van der Waals surface area contributed by atoms with Crippen LogP contribution in [0, 0.1) is 5.41 Å². The van der Waals surface area contributed by atoms with E-state index in [1.165, 1.54) is 57.2 Å². The summed E-state index contributed by atoms with van der Waals surface area (Å²) < 4.78 is 0. The lowest BCUT2D eigenvalue weighted by molar-refractivity contribution is -0.130. The lowest BCUT2D eigenvalue weighted by Gasteiger charge is -2.54. The Morgan fingerprint density at radius 3 is 2.32 bits per heavy atom. The smallest absolute Gasteiger partial charge is 0.222 e. The average Bonchev–Trinajstić information content (AvgIpc) is 3.01. The maximum Gasteiger partial charge on any atom is 0.222 e. The molecule has 1 spiro atoms. The van der Waals surface area contributed by atoms with Gasteiger partial charge in [-0.15, -0.1) is 0 Å². The van der Waals surface area contributed by atoms with Crippen LogP contribution in [-0.4, -0.2) is 41.9 Å². The molecule has 1 aromatic rings. The molecule has 3 fully saturated rings. The fraction of sp³-hybridized carbons (Fsp3) is 0.682. The Morgan fingerprint density at radius 1 is 1.00 bits per heavy atom. The van der Waals surface area contributed by atoms with Gasteiger partial charge >= 0.3 is 0 Å². The highest BCUT2D eigenvalue weighted by Gasteiger charge is 2.50. The first-order valence-electron chi connectivity index (χ1n) is 10.3. The molecular weight excluding hydrogens is 308 g/mol. The molecule has 3 nitrogen and oxygen atoms in total. The lowest BCUT2D eigenvalue weighted by atomic mass is 9.63. The molecular formula is C22H32N2O. The first kappa shape index (κ1) is 17.1. The van der Waals surface area contributed by atoms with Gasteiger partial charge in [0.25, 0.3) is 0 Å². The normalized spacial score (nSPS) is 32.8. The van der Waals surface area contributed by atoms with Crippen LogP contribution in [0.4, 0.5) is 0 Å². The van der Waals surface area contributed by atoms with E-state index < -0.39 is 0 Å². The van der Waals surface area contributed by atoms with E-state index in [1.54, 1.807) is 0 Å². The van der Waals surface area contributed by atoms with Crippen molar-refractivity contribution < 1.29 is 4.79 Å². The fourth-order valence-corrected chi connectivity index (χ4v) is 5.40. The largest absolute Gasteiger partial charge is 0.342 e. The van der Waals surface area contributed by atoms with Gasteiger partial charge in [-0.2, -0.15) is 0 Å². The van der Waals surface area contributed by atoms with Crippen LogP contribution >= 0.6 is 0 Å². The number of hydrogen-bond acceptors (Lipinski definition) is 2. The summed E-state index contributed by atoms with van der Waals surface area (Å²) in [5.74, 6) is 0.377. The maximum atomic E-state index is 12.3. The van der Waals surface area contributed by atoms with Crippen LogP contribution in [0.5, 0.6) is 0 Å². The average molecular weight is 341 g/mol. The predicted molar refractivity (Wildman–Crippen MR) is 101 cm³/mol. The third kappa shape index (κ3) is 3.01. The monoisotopic (exact) mass is 340 g/mol. The van der Waals surface area contributed by atoms with Crippen molar-refractivity contribution in [1.29, 1.82) is 0 Å². The molecule has 1 amide bonds. The van der Waals surface area contributed by atoms with Gasteiger partial charge in [-0.3, -0.25) is 9.69 Å². The summed E-state index contributed by atoms with van der Waals surface area (Å²) in [5.41, 5.74) is 2.17. The van der Waals surface area contributed by atoms with Gasteiger partial charge in [0.15, 0.2) is 0 Å². The molecule has 1 saturated carbocycles. The molecule has 0 atom stereocenters. The molecule has 0 unspecified atom stereocenters. The van der Waals surface area contributed by atoms with Crippen molar-refractivity contribution in [2.24, 2.45) is 5.41 Å². The van der Waals surface area contributed by atoms with E-state index in [0.29, 0.717) is 11.3 Å². The second kappa shape index (κ2) is 6.75. The molecule has 3 heteroatoms. The molecule has 2 aliphatic heterocycles. The Balaban J connectivity index is 1.49. The van der Waals surface area contributed by atoms with Gasteiger partial charge in [0.1, 0.15) is 0 Å². The van der Waals surface area contributed by atoms with E-state index in [1.807, 2.05) is 0 Å². The Hall–Kier alpha value is -1.35. The van der Waals surface area contributed by atoms with Gasteiger partial charge in [-0.1, -0.05) is 37.3 Å². The molecule has 0 aromatic heterocycles. The number of carbonyl (C=O) groups excluding carboxylic acids is 1. The standard InChI is InChI=1S/C22H32N2O/c1-2-7-20(25)23-17-14-21(18-23)10-12-22(13-11-21,24-15-6-16-24)19-8-4-3-5-9-19/h3-5,8-9H,2,6-7,10-18H2,1H3. The Labute approximate surface area is 152 Å². The first-order chi connectivity index (χ1) is 12.2. The summed E-state index contributed by atoms with van der Waals surface area (Å²) in [4.78, 5) is 17.2. The zero-order valence-corrected chi connectivity index (χ0v) is 15.7. The summed E-state index contributed by atoms with van der Waals surface area (Å²) in [6.45, 7) is 6.61. The van der Waals surface area contributed by atoms with Crippen molar-refractivity contribution >= 4 is 5.91 Å². The molecule has 0 radical (unpaired) electrons. The topological polar surface area (TPSA) is 23.6 Å². The van der Waals surface area contributed by atoms with Crippen molar-refractivity contribution in [1.82, 2.24) is 9.80 Å². The van der Waals surface area contributed by atoms with Crippen molar-refractivity contribution in [3.05, 3.63) is 35.9 Å². The Kier molecular flexibility index (Phi) is 4.61. The highest BCUT2D eigenvalue weighted by atomic mass is 16.2. The SMILES string of the molecule is CCCC(=O)N1CCC2(CCC(c3ccccc3)(N3CCC3)CC2)C1. The number of benzene rings is 1. The quantitative estimate of drug-likeness (QED) is 0.821. The number of carbonyl (C=O) groups is 1. The summed E-state index contributed by atoms with van der Waals surface area (Å²) in [7, 11) is 0. The van der Waals surface area contributed by atoms with E-state index in [0.717, 1.165) is 25.9 Å². The van der Waals surface area contributed by atoms with Crippen LogP contribution in [0.3, 0.4) is 0 Å². The van der Waals surface area contributed by atoms with Crippen LogP contribution in [0.2, 0.25) is 0 Å². The van der Waals surface area contributed by atoms with Crippen LogP contribution in [0.25, 0.3) is 0 Å². The van der Waals surface area contributed by atoms with E-state index in [9.17, 15) is 4.79 Å². The molecule has 0 bridgehead atoms. The maximum absolute atomic E-state index is 12.3. The minimum atomic E-state index is 0.256. The lowest BCUT2D eigenvalue weighted by Crippen LogP contribution is -2.56. The van der Waals surface area contributed by atoms with E-state index in [-0.39, 0.29) is 5.54 Å². The van der Waals surface area contributed by atoms with Crippen LogP contribution in [0.15, 0.2) is 30.3 Å². The van der Waals surface area contributed by atoms with Gasteiger partial charge in [0.05, 0.1) is 0 Å². The Morgan fingerprint density at radius 2 is 1.72 bits per heavy atom. The van der Waals surface area contributed by atoms with Gasteiger partial charge in [-0.05, 0) is 55.9 Å². The van der Waals surface area contributed by atoms with E-state index >= 15 is 0 Å². The van der Waals surface area contributed by atoms with Gasteiger partial charge in [0, 0.05) is 38.1 Å². The van der Waals surface area contributed by atoms with E-state index in [4.69, 9.17) is 0 Å². The second-order valence-corrected chi connectivity index (χ2v) is 8.55. The summed E-state index contributed by atoms with van der Waals surface area (Å²) >= 11 is 0. The molecule has 2 heterocycles. The first-order valence-corrected chi connectivity index (χ1v) is 10.3. The Bertz CT molecular complexity index is 600. The van der Waals surface area contributed by atoms with Crippen LogP contribution < -0.4 is 0 Å². The third-order valence-electron chi connectivity index (χ3n) is 7.17. The molecule has 136 valence electrons. The molecule has 25 heavy (non-hydrogen) atoms. The molecule has 4 rings (SSSR count). The van der Waals surface area contributed by atoms with Gasteiger partial charge in [-0.25, -0.2) is 0 Å². The fourth-order valence-electron chi connectivity index (χ4n) is 5.40. The molecule has 3 aliphatic rings. The van der Waals surface area contributed by atoms with Gasteiger partial charge < -0.3 is 4.90 Å². The summed E-state index contributed by atoms with van der Waals surface area (Å²) in [6.07, 6.45) is 9.31. The van der Waals surface area contributed by atoms with Gasteiger partial charge in [0.2, 0.25) is 5.91 Å². The highest BCUT2D eigenvalue weighted by Crippen LogP contribution is 2.53. The van der Waals surface area contributed by atoms with Crippen molar-refractivity contribution in [2.45, 2.75) is 63.8 Å². The highest BCUT2D eigenvalue weighted by molar-refractivity contribution is 5.76. The van der Waals surface area contributed by atoms with Crippen LogP contribution in [-0.2, 0) is 10.3 Å². The molecule has 1 aliphatic carbocycles. The van der Waals surface area contributed by atoms with E-state index in [2.05, 4.69) is 47.1 Å². The number of rotatable bonds is 4. The van der Waals surface area contributed by atoms with Crippen molar-refractivity contribution in [3.63, 3.8) is 0 Å². The summed E-state index contributed by atoms with van der Waals surface area (Å²) in [5, 5.41) is 0. The minimum Gasteiger partial charge on any atom is -0.342 e. The van der Waals surface area contributed by atoms with Crippen molar-refractivity contribution in [3.8, 4) is 0 Å². The molecule has 2 saturated heterocycles. The third-order valence-corrected chi connectivity index (χ3v) is 7.17. The zero-order valence-electron chi connectivity index (χ0n) is 15.7. The zero-order chi connectivity index (χ0) is 17.3. The predicted octanol–water partition coefficient (Wildman–Crippen LogP) is 4.18. The number of amides is 1. The number of hydrogen-bond donors (Lipinski definition) is 0. The molecule has 1 aromatic carbocycles. The number of likely N-dealkylation sites (tertiary alicyclic amines) is 2. The van der Waals surface area contributed by atoms with Crippen LogP contribution in [0.1, 0.15) is 63.9 Å². The number of nitrogens with zero attached hydrogens (tertiary/aromatic N) is 2. The molecule has 0 N–H and O–H groups in total. The van der Waals surface area contributed by atoms with Crippen molar-refractivity contribution in [2.75, 3.05) is 26.2 Å². The summed E-state index contributed by atoms with van der Waals surface area (Å²) in [6, 6.07) is 11.2. The second-order valence-electron chi connectivity index (χ2n) is 8.55. The minimum absolute atomic E-state index is 0.256.